The van der Waals surface area contributed by atoms with E-state index in [1.807, 2.05) is 6.08 Å². The van der Waals surface area contributed by atoms with Gasteiger partial charge >= 0.3 is 0 Å². The molecule has 1 heterocycles. The number of hydrogen-bond donors (Lipinski definition) is 6. The molecule has 0 saturated carbocycles. The first-order chi connectivity index (χ1) is 35.3. The molecule has 1 fully saturated rings. The van der Waals surface area contributed by atoms with E-state index in [1.165, 1.54) is 38.5 Å². The predicted octanol–water partition coefficient (Wildman–Crippen LogP) is 13.9. The van der Waals surface area contributed by atoms with Crippen molar-refractivity contribution in [1.82, 2.24) is 5.32 Å². The average molecular weight is 1000 g/mol. The third kappa shape index (κ3) is 39.6. The number of aliphatic hydroxyl groups is 5. The highest BCUT2D eigenvalue weighted by Crippen LogP contribution is 2.22. The minimum absolute atomic E-state index is 0.205. The lowest BCUT2D eigenvalue weighted by Gasteiger charge is -2.40. The summed E-state index contributed by atoms with van der Waals surface area (Å²) in [5.41, 5.74) is 0. The van der Waals surface area contributed by atoms with Crippen molar-refractivity contribution in [1.29, 1.82) is 0 Å². The molecule has 9 nitrogen and oxygen atoms in total. The Kier molecular flexibility index (Phi) is 46.4. The van der Waals surface area contributed by atoms with Crippen LogP contribution >= 0.6 is 0 Å². The molecule has 7 unspecified atom stereocenters. The molecule has 1 aliphatic rings. The minimum atomic E-state index is -1.58. The zero-order valence-corrected chi connectivity index (χ0v) is 44.9. The second-order valence-corrected chi connectivity index (χ2v) is 18.6. The molecule has 406 valence electrons. The van der Waals surface area contributed by atoms with Gasteiger partial charge in [0.1, 0.15) is 24.4 Å². The molecule has 9 heteroatoms. The van der Waals surface area contributed by atoms with E-state index in [9.17, 15) is 30.3 Å². The highest BCUT2D eigenvalue weighted by molar-refractivity contribution is 5.76. The average Bonchev–Trinajstić information content (AvgIpc) is 3.38. The smallest absolute Gasteiger partial charge is 0.220 e. The van der Waals surface area contributed by atoms with Crippen LogP contribution in [0.4, 0.5) is 0 Å². The van der Waals surface area contributed by atoms with Crippen LogP contribution in [0.5, 0.6) is 0 Å². The summed E-state index contributed by atoms with van der Waals surface area (Å²) in [6, 6.07) is -0.824. The second-order valence-electron chi connectivity index (χ2n) is 18.6. The Morgan fingerprint density at radius 3 is 1.28 bits per heavy atom. The fourth-order valence-electron chi connectivity index (χ4n) is 7.75. The van der Waals surface area contributed by atoms with Gasteiger partial charge in [0, 0.05) is 6.42 Å². The number of rotatable bonds is 45. The van der Waals surface area contributed by atoms with E-state index < -0.39 is 49.5 Å². The van der Waals surface area contributed by atoms with Crippen molar-refractivity contribution in [3.05, 3.63) is 146 Å². The van der Waals surface area contributed by atoms with Crippen molar-refractivity contribution in [3.63, 3.8) is 0 Å². The molecule has 7 atom stereocenters. The third-order valence-corrected chi connectivity index (χ3v) is 12.2. The Hall–Kier alpha value is -3.93. The quantitative estimate of drug-likeness (QED) is 0.0261. The van der Waals surface area contributed by atoms with Crippen molar-refractivity contribution < 1.29 is 39.8 Å². The lowest BCUT2D eigenvalue weighted by atomic mass is 9.99. The van der Waals surface area contributed by atoms with Gasteiger partial charge in [0.25, 0.3) is 0 Å². The number of hydrogen-bond acceptors (Lipinski definition) is 8. The van der Waals surface area contributed by atoms with E-state index in [4.69, 9.17) is 9.47 Å². The summed E-state index contributed by atoms with van der Waals surface area (Å²) in [6.45, 7) is 3.60. The van der Waals surface area contributed by atoms with Crippen molar-refractivity contribution in [3.8, 4) is 0 Å². The summed E-state index contributed by atoms with van der Waals surface area (Å²) in [7, 11) is 0. The molecule has 0 aromatic rings. The topological polar surface area (TPSA) is 149 Å². The fourth-order valence-corrected chi connectivity index (χ4v) is 7.75. The van der Waals surface area contributed by atoms with Crippen molar-refractivity contribution in [2.24, 2.45) is 0 Å². The van der Waals surface area contributed by atoms with Crippen LogP contribution in [0.15, 0.2) is 146 Å². The Bertz CT molecular complexity index is 1630. The maximum Gasteiger partial charge on any atom is 0.220 e. The van der Waals surface area contributed by atoms with Crippen LogP contribution < -0.4 is 5.32 Å². The summed E-state index contributed by atoms with van der Waals surface area (Å²) >= 11 is 0. The van der Waals surface area contributed by atoms with Gasteiger partial charge in [0.05, 0.1) is 25.4 Å². The first kappa shape index (κ1) is 66.1. The molecule has 6 N–H and O–H groups in total. The highest BCUT2D eigenvalue weighted by atomic mass is 16.7. The SMILES string of the molecule is CC/C=C\C/C=C\C/C=C\C/C=C\C/C=C\C/C=C\C/C=C\C/C=C\C/C=C\C/C=C\C/C=C\CCCCCCCC(=O)NC(COC1OC(CO)C(O)C(O)C1O)C(O)/C=C/CCCCCCCCCC. The van der Waals surface area contributed by atoms with Gasteiger partial charge in [-0.15, -0.1) is 0 Å². The maximum absolute atomic E-state index is 13.0. The van der Waals surface area contributed by atoms with Crippen LogP contribution in [0, 0.1) is 0 Å². The number of amides is 1. The van der Waals surface area contributed by atoms with Crippen LogP contribution in [-0.2, 0) is 14.3 Å². The second kappa shape index (κ2) is 50.6. The van der Waals surface area contributed by atoms with Crippen LogP contribution in [0.3, 0.4) is 0 Å². The van der Waals surface area contributed by atoms with Gasteiger partial charge < -0.3 is 40.3 Å². The van der Waals surface area contributed by atoms with Crippen LogP contribution in [-0.4, -0.2) is 87.5 Å². The third-order valence-electron chi connectivity index (χ3n) is 12.2. The summed E-state index contributed by atoms with van der Waals surface area (Å²) in [5.74, 6) is -0.205. The van der Waals surface area contributed by atoms with E-state index in [2.05, 4.69) is 153 Å². The van der Waals surface area contributed by atoms with E-state index in [-0.39, 0.29) is 12.5 Å². The number of aliphatic hydroxyl groups excluding tert-OH is 5. The number of carbonyl (C=O) groups is 1. The lowest BCUT2D eigenvalue weighted by molar-refractivity contribution is -0.302. The number of ether oxygens (including phenoxy) is 2. The van der Waals surface area contributed by atoms with Crippen molar-refractivity contribution in [2.45, 2.75) is 230 Å². The Labute approximate surface area is 438 Å². The van der Waals surface area contributed by atoms with E-state index in [0.717, 1.165) is 128 Å². The number of allylic oxidation sites excluding steroid dienone is 23. The summed E-state index contributed by atoms with van der Waals surface area (Å²) in [4.78, 5) is 13.0. The normalized spacial score (nSPS) is 20.3. The van der Waals surface area contributed by atoms with Crippen molar-refractivity contribution in [2.75, 3.05) is 13.2 Å². The fraction of sp³-hybridized carbons (Fsp3) is 0.603. The van der Waals surface area contributed by atoms with Gasteiger partial charge in [-0.2, -0.15) is 0 Å². The van der Waals surface area contributed by atoms with Gasteiger partial charge in [-0.1, -0.05) is 224 Å². The van der Waals surface area contributed by atoms with Gasteiger partial charge in [0.2, 0.25) is 5.91 Å². The molecule has 1 amide bonds. The van der Waals surface area contributed by atoms with Gasteiger partial charge in [-0.3, -0.25) is 4.79 Å². The largest absolute Gasteiger partial charge is 0.394 e. The molecule has 0 radical (unpaired) electrons. The first-order valence-corrected chi connectivity index (χ1v) is 28.1. The summed E-state index contributed by atoms with van der Waals surface area (Å²) < 4.78 is 11.2. The molecule has 1 rings (SSSR count). The molecule has 72 heavy (non-hydrogen) atoms. The van der Waals surface area contributed by atoms with Crippen LogP contribution in [0.1, 0.15) is 187 Å². The van der Waals surface area contributed by atoms with Crippen LogP contribution in [0.25, 0.3) is 0 Å². The molecular weight excluding hydrogens is 899 g/mol. The molecule has 0 bridgehead atoms. The van der Waals surface area contributed by atoms with E-state index in [1.54, 1.807) is 6.08 Å². The summed E-state index contributed by atoms with van der Waals surface area (Å²) in [6.07, 6.45) is 72.1. The Morgan fingerprint density at radius 2 is 0.861 bits per heavy atom. The molecule has 1 saturated heterocycles. The number of unbranched alkanes of at least 4 members (excludes halogenated alkanes) is 13. The minimum Gasteiger partial charge on any atom is -0.394 e. The number of carbonyl (C=O) groups excluding carboxylic acids is 1. The zero-order chi connectivity index (χ0) is 52.2. The highest BCUT2D eigenvalue weighted by Gasteiger charge is 2.44. The molecule has 0 spiro atoms. The summed E-state index contributed by atoms with van der Waals surface area (Å²) in [5, 5.41) is 54.2. The standard InChI is InChI=1S/C63H101NO8/c1-3-5-7-9-11-13-15-16-17-18-19-20-21-22-23-24-25-26-27-28-29-30-31-32-33-34-35-36-37-38-39-40-41-42-43-45-47-49-51-53-59(67)64-56(55-71-63-62(70)61(69)60(68)58(54-65)72-63)57(66)52-50-48-46-44-14-12-10-8-6-4-2/h5,7,11,13,16-17,19-20,22-23,25-26,28-29,31-32,34-35,37-38,40-41,50,52,56-58,60-63,65-66,68-70H,3-4,6,8-10,12,14-15,18,21,24,27,30,33,36,39,42-49,51,53-55H2,1-2H3,(H,64,67)/b7-5-,13-11-,17-16-,20-19-,23-22-,26-25-,29-28-,32-31-,35-34-,38-37-,41-40-,52-50+. The molecule has 0 aliphatic carbocycles. The molecule has 0 aromatic heterocycles. The molecule has 0 aromatic carbocycles. The molecule has 1 aliphatic heterocycles. The monoisotopic (exact) mass is 1000 g/mol. The first-order valence-electron chi connectivity index (χ1n) is 28.1. The van der Waals surface area contributed by atoms with E-state index in [0.29, 0.717) is 6.42 Å². The van der Waals surface area contributed by atoms with Gasteiger partial charge in [-0.25, -0.2) is 0 Å². The number of nitrogens with one attached hydrogen (secondary N) is 1. The predicted molar refractivity (Wildman–Crippen MR) is 303 cm³/mol. The molecular formula is C63H101NO8. The lowest BCUT2D eigenvalue weighted by Crippen LogP contribution is -2.60. The van der Waals surface area contributed by atoms with Crippen LogP contribution in [0.2, 0.25) is 0 Å². The Balaban J connectivity index is 2.18. The maximum atomic E-state index is 13.0. The van der Waals surface area contributed by atoms with Gasteiger partial charge in [-0.05, 0) is 103 Å². The Morgan fingerprint density at radius 1 is 0.486 bits per heavy atom. The van der Waals surface area contributed by atoms with Gasteiger partial charge in [0.15, 0.2) is 6.29 Å². The van der Waals surface area contributed by atoms with Crippen molar-refractivity contribution >= 4 is 5.91 Å². The zero-order valence-electron chi connectivity index (χ0n) is 44.9. The van der Waals surface area contributed by atoms with E-state index >= 15 is 0 Å².